The van der Waals surface area contributed by atoms with E-state index in [1.54, 1.807) is 4.90 Å². The molecule has 0 spiro atoms. The largest absolute Gasteiger partial charge is 0.475 e. The molecule has 1 aromatic heterocycles. The zero-order valence-electron chi connectivity index (χ0n) is 27.0. The van der Waals surface area contributed by atoms with Crippen LogP contribution in [0.15, 0.2) is 49.1 Å². The van der Waals surface area contributed by atoms with Gasteiger partial charge in [-0.3, -0.25) is 9.69 Å². The predicted molar refractivity (Wildman–Crippen MR) is 181 cm³/mol. The first kappa shape index (κ1) is 31.4. The third-order valence-corrected chi connectivity index (χ3v) is 9.94. The zero-order valence-corrected chi connectivity index (χ0v) is 27.0. The average molecular weight is 618 g/mol. The quantitative estimate of drug-likeness (QED) is 0.318. The van der Waals surface area contributed by atoms with E-state index in [4.69, 9.17) is 9.72 Å². The van der Waals surface area contributed by atoms with E-state index in [0.29, 0.717) is 44.2 Å². The molecule has 0 radical (unpaired) electrons. The van der Waals surface area contributed by atoms with E-state index in [-0.39, 0.29) is 18.4 Å². The minimum Gasteiger partial charge on any atom is -0.475 e. The first-order chi connectivity index (χ1) is 22.4. The van der Waals surface area contributed by atoms with Crippen molar-refractivity contribution in [2.24, 2.45) is 5.92 Å². The number of pyridine rings is 1. The Labute approximate surface area is 272 Å². The minimum atomic E-state index is -0.302. The summed E-state index contributed by atoms with van der Waals surface area (Å²) in [6.45, 7) is 14.3. The van der Waals surface area contributed by atoms with Crippen molar-refractivity contribution in [3.05, 3.63) is 71.4 Å². The third-order valence-electron chi connectivity index (χ3n) is 9.94. The lowest BCUT2D eigenvalue weighted by atomic mass is 9.95. The van der Waals surface area contributed by atoms with Crippen molar-refractivity contribution < 1.29 is 9.53 Å². The molecular formula is C37H43N7O2. The van der Waals surface area contributed by atoms with Crippen LogP contribution in [-0.4, -0.2) is 79.2 Å². The molecule has 1 atom stereocenters. The molecule has 6 rings (SSSR count). The van der Waals surface area contributed by atoms with E-state index in [1.807, 2.05) is 0 Å². The lowest BCUT2D eigenvalue weighted by Gasteiger charge is -2.43. The highest BCUT2D eigenvalue weighted by molar-refractivity contribution is 5.97. The second-order valence-corrected chi connectivity index (χ2v) is 12.9. The summed E-state index contributed by atoms with van der Waals surface area (Å²) in [6, 6.07) is 17.3. The first-order valence-electron chi connectivity index (χ1n) is 16.5. The normalized spacial score (nSPS) is 19.0. The minimum absolute atomic E-state index is 0.172. The standard InChI is InChI=1S/C37H43N7O2/c1-4-34(45)44-20-19-43(24-29(44)11-15-38)36-30-14-18-42(33-10-6-9-28-8-5-7-27(3)35(28)33)25-32(30)40-37(31(36)23-39)46-22-21-41-16-12-26(2)13-17-41/h4-10,26,29H,1,11-14,16-22,24-25H2,2-3H3. The number of amides is 1. The Balaban J connectivity index is 1.36. The molecule has 3 aromatic rings. The fourth-order valence-electron chi connectivity index (χ4n) is 7.37. The predicted octanol–water partition coefficient (Wildman–Crippen LogP) is 5.21. The van der Waals surface area contributed by atoms with Gasteiger partial charge in [0, 0.05) is 49.4 Å². The molecule has 46 heavy (non-hydrogen) atoms. The van der Waals surface area contributed by atoms with Crippen LogP contribution >= 0.6 is 0 Å². The highest BCUT2D eigenvalue weighted by Crippen LogP contribution is 2.40. The number of nitriles is 2. The van der Waals surface area contributed by atoms with Crippen molar-refractivity contribution in [2.75, 3.05) is 62.2 Å². The second-order valence-electron chi connectivity index (χ2n) is 12.9. The van der Waals surface area contributed by atoms with Crippen LogP contribution in [0.5, 0.6) is 5.88 Å². The molecule has 2 aromatic carbocycles. The Bertz CT molecular complexity index is 1690. The molecule has 0 N–H and O–H groups in total. The Morgan fingerprint density at radius 2 is 1.87 bits per heavy atom. The molecule has 9 nitrogen and oxygen atoms in total. The number of hydrogen-bond acceptors (Lipinski definition) is 8. The summed E-state index contributed by atoms with van der Waals surface area (Å²) in [5.74, 6) is 0.959. The van der Waals surface area contributed by atoms with Crippen LogP contribution in [0.1, 0.15) is 48.6 Å². The van der Waals surface area contributed by atoms with Crippen LogP contribution in [0.3, 0.4) is 0 Å². The molecule has 4 heterocycles. The third kappa shape index (κ3) is 6.25. The summed E-state index contributed by atoms with van der Waals surface area (Å²) in [6.07, 6.45) is 4.62. The van der Waals surface area contributed by atoms with Crippen molar-refractivity contribution in [1.29, 1.82) is 10.5 Å². The van der Waals surface area contributed by atoms with E-state index in [1.165, 1.54) is 40.9 Å². The summed E-state index contributed by atoms with van der Waals surface area (Å²) in [5, 5.41) is 22.7. The zero-order chi connectivity index (χ0) is 32.2. The van der Waals surface area contributed by atoms with E-state index < -0.39 is 0 Å². The smallest absolute Gasteiger partial charge is 0.246 e. The van der Waals surface area contributed by atoms with Crippen molar-refractivity contribution in [3.8, 4) is 18.0 Å². The Morgan fingerprint density at radius 1 is 1.09 bits per heavy atom. The molecule has 3 aliphatic rings. The van der Waals surface area contributed by atoms with Gasteiger partial charge in [0.1, 0.15) is 18.2 Å². The Hall–Kier alpha value is -4.60. The van der Waals surface area contributed by atoms with Gasteiger partial charge < -0.3 is 19.4 Å². The summed E-state index contributed by atoms with van der Waals surface area (Å²) in [5.41, 5.74) is 5.67. The van der Waals surface area contributed by atoms with Crippen LogP contribution in [0, 0.1) is 35.5 Å². The van der Waals surface area contributed by atoms with Gasteiger partial charge in [-0.1, -0.05) is 43.8 Å². The number of aromatic nitrogens is 1. The van der Waals surface area contributed by atoms with Gasteiger partial charge in [-0.2, -0.15) is 10.5 Å². The number of anilines is 2. The van der Waals surface area contributed by atoms with Crippen molar-refractivity contribution >= 4 is 28.1 Å². The fourth-order valence-corrected chi connectivity index (χ4v) is 7.37. The lowest BCUT2D eigenvalue weighted by Crippen LogP contribution is -2.55. The maximum absolute atomic E-state index is 12.6. The summed E-state index contributed by atoms with van der Waals surface area (Å²) in [4.78, 5) is 26.4. The molecular weight excluding hydrogens is 574 g/mol. The first-order valence-corrected chi connectivity index (χ1v) is 16.5. The molecule has 2 fully saturated rings. The fraction of sp³-hybridized carbons (Fsp3) is 0.459. The number of nitrogens with zero attached hydrogens (tertiary/aromatic N) is 7. The number of hydrogen-bond donors (Lipinski definition) is 0. The molecule has 0 saturated carbocycles. The molecule has 0 bridgehead atoms. The van der Waals surface area contributed by atoms with Gasteiger partial charge in [0.25, 0.3) is 0 Å². The van der Waals surface area contributed by atoms with Crippen LogP contribution < -0.4 is 14.5 Å². The number of piperidine rings is 1. The number of aryl methyl sites for hydroxylation is 1. The topological polar surface area (TPSA) is 99.7 Å². The number of fused-ring (bicyclic) bond motifs is 2. The number of ether oxygens (including phenoxy) is 1. The van der Waals surface area contributed by atoms with E-state index in [0.717, 1.165) is 55.5 Å². The highest BCUT2D eigenvalue weighted by Gasteiger charge is 2.35. The monoisotopic (exact) mass is 617 g/mol. The molecule has 1 amide bonds. The number of benzene rings is 2. The average Bonchev–Trinajstić information content (AvgIpc) is 3.08. The van der Waals surface area contributed by atoms with Crippen LogP contribution in [0.4, 0.5) is 11.4 Å². The Kier molecular flexibility index (Phi) is 9.42. The van der Waals surface area contributed by atoms with Crippen molar-refractivity contribution in [2.45, 2.75) is 52.1 Å². The van der Waals surface area contributed by atoms with Crippen molar-refractivity contribution in [1.82, 2.24) is 14.8 Å². The maximum Gasteiger partial charge on any atom is 0.246 e. The van der Waals surface area contributed by atoms with Crippen LogP contribution in [0.25, 0.3) is 10.8 Å². The maximum atomic E-state index is 12.6. The van der Waals surface area contributed by atoms with Gasteiger partial charge in [0.2, 0.25) is 11.8 Å². The molecule has 1 unspecified atom stereocenters. The summed E-state index contributed by atoms with van der Waals surface area (Å²) in [7, 11) is 0. The van der Waals surface area contributed by atoms with Gasteiger partial charge in [0.05, 0.1) is 36.5 Å². The SMILES string of the molecule is C=CC(=O)N1CCN(c2c(C#N)c(OCCN3CCC(C)CC3)nc3c2CCN(c2cccc4cccc(C)c24)C3)CC1CC#N. The molecule has 3 aliphatic heterocycles. The molecule has 9 heteroatoms. The van der Waals surface area contributed by atoms with Gasteiger partial charge in [0.15, 0.2) is 0 Å². The number of likely N-dealkylation sites (tertiary alicyclic amines) is 1. The van der Waals surface area contributed by atoms with Gasteiger partial charge in [-0.15, -0.1) is 0 Å². The number of carbonyl (C=O) groups is 1. The van der Waals surface area contributed by atoms with Gasteiger partial charge in [-0.05, 0) is 68.3 Å². The van der Waals surface area contributed by atoms with Gasteiger partial charge in [-0.25, -0.2) is 4.98 Å². The molecule has 2 saturated heterocycles. The van der Waals surface area contributed by atoms with E-state index in [2.05, 4.69) is 83.7 Å². The second kappa shape index (κ2) is 13.8. The molecule has 238 valence electrons. The van der Waals surface area contributed by atoms with E-state index >= 15 is 0 Å². The number of carbonyl (C=O) groups excluding carboxylic acids is 1. The summed E-state index contributed by atoms with van der Waals surface area (Å²) < 4.78 is 6.39. The lowest BCUT2D eigenvalue weighted by molar-refractivity contribution is -0.128. The van der Waals surface area contributed by atoms with Gasteiger partial charge >= 0.3 is 0 Å². The highest BCUT2D eigenvalue weighted by atomic mass is 16.5. The molecule has 0 aliphatic carbocycles. The van der Waals surface area contributed by atoms with E-state index in [9.17, 15) is 15.3 Å². The van der Waals surface area contributed by atoms with Crippen LogP contribution in [0.2, 0.25) is 0 Å². The van der Waals surface area contributed by atoms with Crippen LogP contribution in [-0.2, 0) is 17.8 Å². The summed E-state index contributed by atoms with van der Waals surface area (Å²) >= 11 is 0. The van der Waals surface area contributed by atoms with Crippen molar-refractivity contribution in [3.63, 3.8) is 0 Å². The number of piperazine rings is 1. The number of rotatable bonds is 8. The Morgan fingerprint density at radius 3 is 2.61 bits per heavy atom.